The van der Waals surface area contributed by atoms with E-state index in [9.17, 15) is 15.0 Å². The van der Waals surface area contributed by atoms with Crippen LogP contribution in [0.3, 0.4) is 0 Å². The van der Waals surface area contributed by atoms with Crippen molar-refractivity contribution in [3.8, 4) is 11.5 Å². The van der Waals surface area contributed by atoms with Gasteiger partial charge in [-0.05, 0) is 37.0 Å². The number of phenols is 1. The van der Waals surface area contributed by atoms with Gasteiger partial charge in [0.1, 0.15) is 0 Å². The standard InChI is InChI=1S/C21H21NO5/c23-14-2-1-13-9-16-21(25)5-3-15(24)19-20(21,17(13)18(14)27-19)6-7-22(16)10-12-4-8-26-11-12/h1-2,4,8,11,16,19,23,25H,3,5-7,9-10H2/t16-,19-,20+,21-/m0/s1. The molecule has 6 nitrogen and oxygen atoms in total. The minimum atomic E-state index is -1.04. The number of hydrogen-bond donors (Lipinski definition) is 2. The van der Waals surface area contributed by atoms with Crippen LogP contribution in [-0.4, -0.2) is 45.2 Å². The number of aliphatic hydroxyl groups is 1. The monoisotopic (exact) mass is 367 g/mol. The number of ether oxygens (including phenoxy) is 1. The third kappa shape index (κ3) is 1.71. The van der Waals surface area contributed by atoms with Gasteiger partial charge in [0.05, 0.1) is 23.5 Å². The molecular formula is C21H21NO5. The topological polar surface area (TPSA) is 83.1 Å². The van der Waals surface area contributed by atoms with E-state index in [4.69, 9.17) is 9.15 Å². The van der Waals surface area contributed by atoms with E-state index in [0.29, 0.717) is 38.0 Å². The number of Topliss-reactive ketones (excluding diaryl/α,β-unsaturated/α-hetero) is 1. The second-order valence-electron chi connectivity index (χ2n) is 8.38. The van der Waals surface area contributed by atoms with Gasteiger partial charge in [-0.15, -0.1) is 0 Å². The van der Waals surface area contributed by atoms with Crippen molar-refractivity contribution in [2.24, 2.45) is 0 Å². The summed E-state index contributed by atoms with van der Waals surface area (Å²) in [5, 5.41) is 22.4. The summed E-state index contributed by atoms with van der Waals surface area (Å²) in [6.45, 7) is 1.47. The van der Waals surface area contributed by atoms with Crippen molar-refractivity contribution in [2.75, 3.05) is 6.54 Å². The van der Waals surface area contributed by atoms with Crippen molar-refractivity contribution in [3.05, 3.63) is 47.4 Å². The number of hydrogen-bond acceptors (Lipinski definition) is 6. The highest BCUT2D eigenvalue weighted by Crippen LogP contribution is 2.64. The van der Waals surface area contributed by atoms with Crippen LogP contribution in [0.4, 0.5) is 0 Å². The number of phenolic OH excluding ortho intramolecular Hbond substituents is 1. The maximum absolute atomic E-state index is 12.8. The van der Waals surface area contributed by atoms with Crippen LogP contribution in [0, 0.1) is 0 Å². The molecule has 1 aromatic heterocycles. The third-order valence-corrected chi connectivity index (χ3v) is 7.33. The molecule has 6 rings (SSSR count). The van der Waals surface area contributed by atoms with Crippen LogP contribution in [0.1, 0.15) is 36.0 Å². The molecule has 1 spiro atoms. The second kappa shape index (κ2) is 4.94. The number of rotatable bonds is 2. The number of carbonyl (C=O) groups excluding carboxylic acids is 1. The molecule has 2 N–H and O–H groups in total. The van der Waals surface area contributed by atoms with Gasteiger partial charge in [0.25, 0.3) is 0 Å². The smallest absolute Gasteiger partial charge is 0.174 e. The van der Waals surface area contributed by atoms with Crippen molar-refractivity contribution >= 4 is 5.78 Å². The van der Waals surface area contributed by atoms with Gasteiger partial charge < -0.3 is 19.4 Å². The molecule has 4 atom stereocenters. The number of aromatic hydroxyl groups is 1. The Balaban J connectivity index is 1.54. The van der Waals surface area contributed by atoms with Gasteiger partial charge >= 0.3 is 0 Å². The van der Waals surface area contributed by atoms with E-state index in [-0.39, 0.29) is 17.6 Å². The summed E-state index contributed by atoms with van der Waals surface area (Å²) in [5.74, 6) is 0.505. The van der Waals surface area contributed by atoms with E-state index in [2.05, 4.69) is 4.90 Å². The van der Waals surface area contributed by atoms with Gasteiger partial charge in [0.2, 0.25) is 0 Å². The lowest BCUT2D eigenvalue weighted by Crippen LogP contribution is -2.76. The molecule has 2 bridgehead atoms. The maximum Gasteiger partial charge on any atom is 0.174 e. The highest BCUT2D eigenvalue weighted by Gasteiger charge is 2.73. The Morgan fingerprint density at radius 1 is 1.26 bits per heavy atom. The van der Waals surface area contributed by atoms with Crippen LogP contribution in [0.25, 0.3) is 0 Å². The van der Waals surface area contributed by atoms with E-state index in [1.807, 2.05) is 12.1 Å². The Kier molecular flexibility index (Phi) is 2.88. The van der Waals surface area contributed by atoms with Gasteiger partial charge in [-0.25, -0.2) is 0 Å². The molecule has 4 aliphatic rings. The Bertz CT molecular complexity index is 954. The molecule has 2 aromatic rings. The summed E-state index contributed by atoms with van der Waals surface area (Å²) in [7, 11) is 0. The molecule has 1 saturated carbocycles. The van der Waals surface area contributed by atoms with Crippen molar-refractivity contribution in [2.45, 2.75) is 55.4 Å². The first-order valence-corrected chi connectivity index (χ1v) is 9.57. The summed E-state index contributed by atoms with van der Waals surface area (Å²) in [5.41, 5.74) is 1.24. The van der Waals surface area contributed by atoms with Gasteiger partial charge in [-0.1, -0.05) is 6.07 Å². The lowest BCUT2D eigenvalue weighted by atomic mass is 9.49. The first-order valence-electron chi connectivity index (χ1n) is 9.57. The Hall–Kier alpha value is -2.31. The molecule has 27 heavy (non-hydrogen) atoms. The van der Waals surface area contributed by atoms with Crippen LogP contribution >= 0.6 is 0 Å². The lowest BCUT2D eigenvalue weighted by Gasteiger charge is -2.62. The number of benzene rings is 1. The normalized spacial score (nSPS) is 36.4. The van der Waals surface area contributed by atoms with E-state index in [0.717, 1.165) is 23.2 Å². The van der Waals surface area contributed by atoms with Crippen molar-refractivity contribution in [1.29, 1.82) is 0 Å². The third-order valence-electron chi connectivity index (χ3n) is 7.33. The quantitative estimate of drug-likeness (QED) is 0.844. The van der Waals surface area contributed by atoms with Gasteiger partial charge in [-0.2, -0.15) is 0 Å². The van der Waals surface area contributed by atoms with Gasteiger partial charge in [-0.3, -0.25) is 9.69 Å². The van der Waals surface area contributed by atoms with Crippen molar-refractivity contribution < 1.29 is 24.2 Å². The molecule has 0 amide bonds. The first kappa shape index (κ1) is 15.7. The Morgan fingerprint density at radius 2 is 2.15 bits per heavy atom. The van der Waals surface area contributed by atoms with Crippen LogP contribution in [0.5, 0.6) is 11.5 Å². The molecule has 2 fully saturated rings. The van der Waals surface area contributed by atoms with Crippen LogP contribution in [-0.2, 0) is 23.2 Å². The van der Waals surface area contributed by atoms with E-state index in [1.165, 1.54) is 0 Å². The second-order valence-corrected chi connectivity index (χ2v) is 8.38. The average molecular weight is 367 g/mol. The average Bonchev–Trinajstić information content (AvgIpc) is 3.27. The molecule has 3 heterocycles. The minimum absolute atomic E-state index is 0.0326. The molecular weight excluding hydrogens is 346 g/mol. The predicted octanol–water partition coefficient (Wildman–Crippen LogP) is 1.91. The zero-order valence-electron chi connectivity index (χ0n) is 14.9. The van der Waals surface area contributed by atoms with Crippen LogP contribution < -0.4 is 4.74 Å². The fourth-order valence-corrected chi connectivity index (χ4v) is 6.22. The number of furan rings is 1. The zero-order chi connectivity index (χ0) is 18.4. The summed E-state index contributed by atoms with van der Waals surface area (Å²) in [6, 6.07) is 5.43. The molecule has 1 saturated heterocycles. The summed E-state index contributed by atoms with van der Waals surface area (Å²) in [4.78, 5) is 15.1. The van der Waals surface area contributed by atoms with Gasteiger partial charge in [0.15, 0.2) is 23.4 Å². The van der Waals surface area contributed by atoms with E-state index in [1.54, 1.807) is 18.6 Å². The highest BCUT2D eigenvalue weighted by molar-refractivity contribution is 5.90. The fourth-order valence-electron chi connectivity index (χ4n) is 6.22. The number of piperidine rings is 1. The number of ketones is 1. The van der Waals surface area contributed by atoms with Crippen LogP contribution in [0.15, 0.2) is 35.1 Å². The molecule has 0 unspecified atom stereocenters. The SMILES string of the molecule is O=C1CC[C@]2(O)[C@@H]3Cc4ccc(O)c5c4[C@]2(CCN3Cc2ccoc2)[C@H]1O5. The molecule has 6 heteroatoms. The number of likely N-dealkylation sites (tertiary alicyclic amines) is 1. The Labute approximate surface area is 156 Å². The zero-order valence-corrected chi connectivity index (χ0v) is 14.9. The maximum atomic E-state index is 12.8. The fraction of sp³-hybridized carbons (Fsp3) is 0.476. The summed E-state index contributed by atoms with van der Waals surface area (Å²) in [6.07, 6.45) is 4.78. The lowest BCUT2D eigenvalue weighted by molar-refractivity contribution is -0.189. The highest BCUT2D eigenvalue weighted by atomic mass is 16.5. The molecule has 0 radical (unpaired) electrons. The summed E-state index contributed by atoms with van der Waals surface area (Å²) < 4.78 is 11.3. The molecule has 1 aromatic carbocycles. The molecule has 2 aliphatic carbocycles. The molecule has 2 aliphatic heterocycles. The van der Waals surface area contributed by atoms with E-state index < -0.39 is 17.1 Å². The summed E-state index contributed by atoms with van der Waals surface area (Å²) >= 11 is 0. The van der Waals surface area contributed by atoms with Crippen molar-refractivity contribution in [1.82, 2.24) is 4.90 Å². The number of carbonyl (C=O) groups is 1. The predicted molar refractivity (Wildman–Crippen MR) is 94.6 cm³/mol. The molecule has 140 valence electrons. The first-order chi connectivity index (χ1) is 13.0. The van der Waals surface area contributed by atoms with E-state index >= 15 is 0 Å². The minimum Gasteiger partial charge on any atom is -0.504 e. The largest absolute Gasteiger partial charge is 0.504 e. The van der Waals surface area contributed by atoms with Crippen LogP contribution in [0.2, 0.25) is 0 Å². The number of nitrogens with zero attached hydrogens (tertiary/aromatic N) is 1. The van der Waals surface area contributed by atoms with Gasteiger partial charge in [0, 0.05) is 36.7 Å². The van der Waals surface area contributed by atoms with Crippen molar-refractivity contribution in [3.63, 3.8) is 0 Å². The Morgan fingerprint density at radius 3 is 2.96 bits per heavy atom.